The molecule has 1 aromatic heterocycles. The molecule has 4 nitrogen and oxygen atoms in total. The van der Waals surface area contributed by atoms with Crippen LogP contribution >= 0.6 is 12.4 Å². The summed E-state index contributed by atoms with van der Waals surface area (Å²) in [7, 11) is 0. The molecule has 18 heavy (non-hydrogen) atoms. The molecule has 104 valence electrons. The van der Waals surface area contributed by atoms with Gasteiger partial charge in [-0.05, 0) is 19.3 Å². The normalized spacial score (nSPS) is 24.7. The quantitative estimate of drug-likeness (QED) is 0.906. The van der Waals surface area contributed by atoms with Gasteiger partial charge in [0.2, 0.25) is 0 Å². The van der Waals surface area contributed by atoms with E-state index in [0.29, 0.717) is 12.2 Å². The molecule has 0 radical (unpaired) electrons. The number of alkyl halides is 3. The number of nitrogens with two attached hydrogens (primary N) is 1. The van der Waals surface area contributed by atoms with Crippen LogP contribution in [0.1, 0.15) is 37.4 Å². The summed E-state index contributed by atoms with van der Waals surface area (Å²) in [6, 6.07) is 0.0600. The minimum atomic E-state index is -4.26. The Kier molecular flexibility index (Phi) is 4.98. The number of halogens is 4. The second-order valence-corrected chi connectivity index (χ2v) is 4.51. The summed E-state index contributed by atoms with van der Waals surface area (Å²) in [5, 5.41) is 3.65. The Hall–Kier alpha value is -0.820. The molecule has 0 spiro atoms. The van der Waals surface area contributed by atoms with Crippen LogP contribution in [-0.2, 0) is 6.54 Å². The highest BCUT2D eigenvalue weighted by Crippen LogP contribution is 2.31. The minimum absolute atomic E-state index is 0. The zero-order valence-corrected chi connectivity index (χ0v) is 10.5. The topological polar surface area (TPSA) is 56.7 Å². The van der Waals surface area contributed by atoms with E-state index < -0.39 is 12.7 Å². The fourth-order valence-electron chi connectivity index (χ4n) is 2.34. The molecule has 1 aliphatic rings. The highest BCUT2D eigenvalue weighted by atomic mass is 35.5. The Morgan fingerprint density at radius 2 is 2.11 bits per heavy atom. The predicted octanol–water partition coefficient (Wildman–Crippen LogP) is 2.25. The molecular weight excluding hydrogens is 269 g/mol. The van der Waals surface area contributed by atoms with Crippen LogP contribution in [0.5, 0.6) is 0 Å². The summed E-state index contributed by atoms with van der Waals surface area (Å²) < 4.78 is 37.9. The van der Waals surface area contributed by atoms with Gasteiger partial charge in [0.25, 0.3) is 0 Å². The van der Waals surface area contributed by atoms with Crippen LogP contribution in [0, 0.1) is 0 Å². The van der Waals surface area contributed by atoms with Gasteiger partial charge in [-0.1, -0.05) is 6.42 Å². The lowest BCUT2D eigenvalue weighted by Gasteiger charge is -2.26. The van der Waals surface area contributed by atoms with Crippen molar-refractivity contribution in [2.24, 2.45) is 5.73 Å². The first kappa shape index (κ1) is 15.2. The Bertz CT molecular complexity index is 379. The molecule has 1 aliphatic carbocycles. The third kappa shape index (κ3) is 3.84. The summed E-state index contributed by atoms with van der Waals surface area (Å²) in [5.41, 5.74) is 5.83. The van der Waals surface area contributed by atoms with E-state index in [1.807, 2.05) is 0 Å². The molecule has 0 aliphatic heterocycles. The van der Waals surface area contributed by atoms with Crippen molar-refractivity contribution in [3.05, 3.63) is 12.2 Å². The van der Waals surface area contributed by atoms with E-state index in [2.05, 4.69) is 10.1 Å². The molecule has 2 atom stereocenters. The molecule has 1 fully saturated rings. The molecular formula is C10H16ClF3N4. The molecule has 1 saturated carbocycles. The third-order valence-electron chi connectivity index (χ3n) is 3.05. The van der Waals surface area contributed by atoms with Crippen LogP contribution in [0.2, 0.25) is 0 Å². The van der Waals surface area contributed by atoms with Gasteiger partial charge in [-0.25, -0.2) is 9.67 Å². The van der Waals surface area contributed by atoms with Crippen molar-refractivity contribution < 1.29 is 13.2 Å². The number of aromatic nitrogens is 3. The van der Waals surface area contributed by atoms with Gasteiger partial charge < -0.3 is 5.73 Å². The van der Waals surface area contributed by atoms with E-state index in [1.54, 1.807) is 0 Å². The third-order valence-corrected chi connectivity index (χ3v) is 3.05. The maximum Gasteiger partial charge on any atom is 0.408 e. The average Bonchev–Trinajstić information content (AvgIpc) is 2.63. The van der Waals surface area contributed by atoms with Crippen LogP contribution in [-0.4, -0.2) is 27.0 Å². The van der Waals surface area contributed by atoms with Crippen LogP contribution in [0.3, 0.4) is 0 Å². The van der Waals surface area contributed by atoms with Gasteiger partial charge in [-0.2, -0.15) is 18.3 Å². The zero-order chi connectivity index (χ0) is 12.5. The number of hydrogen-bond donors (Lipinski definition) is 1. The minimum Gasteiger partial charge on any atom is -0.328 e. The number of nitrogens with zero attached hydrogens (tertiary/aromatic N) is 3. The van der Waals surface area contributed by atoms with E-state index in [1.165, 1.54) is 6.33 Å². The van der Waals surface area contributed by atoms with Gasteiger partial charge in [-0.3, -0.25) is 0 Å². The van der Waals surface area contributed by atoms with E-state index in [4.69, 9.17) is 5.73 Å². The summed E-state index contributed by atoms with van der Waals surface area (Å²) >= 11 is 0. The maximum atomic E-state index is 12.3. The van der Waals surface area contributed by atoms with E-state index in [0.717, 1.165) is 23.9 Å². The van der Waals surface area contributed by atoms with Gasteiger partial charge >= 0.3 is 6.18 Å². The summed E-state index contributed by atoms with van der Waals surface area (Å²) in [6.07, 6.45) is 0.315. The standard InChI is InChI=1S/C10H15F3N4.ClH/c11-10(12,13)5-17-9(15-6-16-17)7-2-1-3-8(14)4-7;/h6-8H,1-5,14H2;1H/t7-,8+;/m1./s1. The van der Waals surface area contributed by atoms with Gasteiger partial charge in [0.15, 0.2) is 0 Å². The van der Waals surface area contributed by atoms with Crippen LogP contribution in [0.15, 0.2) is 6.33 Å². The monoisotopic (exact) mass is 284 g/mol. The van der Waals surface area contributed by atoms with Gasteiger partial charge in [0, 0.05) is 12.0 Å². The average molecular weight is 285 g/mol. The Labute approximate surface area is 109 Å². The van der Waals surface area contributed by atoms with Crippen molar-refractivity contribution in [2.45, 2.75) is 50.4 Å². The fraction of sp³-hybridized carbons (Fsp3) is 0.800. The lowest BCUT2D eigenvalue weighted by Crippen LogP contribution is -2.29. The molecule has 8 heteroatoms. The highest BCUT2D eigenvalue weighted by molar-refractivity contribution is 5.85. The molecule has 1 heterocycles. The van der Waals surface area contributed by atoms with Crippen molar-refractivity contribution in [1.82, 2.24) is 14.8 Å². The van der Waals surface area contributed by atoms with Crippen LogP contribution in [0.4, 0.5) is 13.2 Å². The van der Waals surface area contributed by atoms with E-state index in [9.17, 15) is 13.2 Å². The van der Waals surface area contributed by atoms with Crippen LogP contribution in [0.25, 0.3) is 0 Å². The SMILES string of the molecule is Cl.N[C@H]1CCC[C@@H](c2ncnn2CC(F)(F)F)C1. The second-order valence-electron chi connectivity index (χ2n) is 4.51. The molecule has 0 amide bonds. The Morgan fingerprint density at radius 1 is 1.39 bits per heavy atom. The van der Waals surface area contributed by atoms with Gasteiger partial charge in [0.05, 0.1) is 0 Å². The van der Waals surface area contributed by atoms with E-state index in [-0.39, 0.29) is 24.4 Å². The molecule has 0 unspecified atom stereocenters. The molecule has 2 N–H and O–H groups in total. The maximum absolute atomic E-state index is 12.3. The first-order valence-electron chi connectivity index (χ1n) is 5.66. The lowest BCUT2D eigenvalue weighted by atomic mass is 9.85. The smallest absolute Gasteiger partial charge is 0.328 e. The molecule has 0 aromatic carbocycles. The fourth-order valence-corrected chi connectivity index (χ4v) is 2.34. The molecule has 0 bridgehead atoms. The first-order valence-corrected chi connectivity index (χ1v) is 5.66. The van der Waals surface area contributed by atoms with Crippen LogP contribution < -0.4 is 5.73 Å². The lowest BCUT2D eigenvalue weighted by molar-refractivity contribution is -0.143. The number of hydrogen-bond acceptors (Lipinski definition) is 3. The Balaban J connectivity index is 0.00000162. The van der Waals surface area contributed by atoms with Crippen molar-refractivity contribution in [1.29, 1.82) is 0 Å². The molecule has 2 rings (SSSR count). The number of rotatable bonds is 2. The zero-order valence-electron chi connectivity index (χ0n) is 9.73. The summed E-state index contributed by atoms with van der Waals surface area (Å²) in [4.78, 5) is 3.95. The summed E-state index contributed by atoms with van der Waals surface area (Å²) in [5.74, 6) is 0.418. The summed E-state index contributed by atoms with van der Waals surface area (Å²) in [6.45, 7) is -1.08. The van der Waals surface area contributed by atoms with Crippen molar-refractivity contribution >= 4 is 12.4 Å². The van der Waals surface area contributed by atoms with E-state index >= 15 is 0 Å². The molecule has 0 saturated heterocycles. The van der Waals surface area contributed by atoms with Gasteiger partial charge in [-0.15, -0.1) is 12.4 Å². The second kappa shape index (κ2) is 5.88. The van der Waals surface area contributed by atoms with Crippen molar-refractivity contribution in [2.75, 3.05) is 0 Å². The highest BCUT2D eigenvalue weighted by Gasteiger charge is 2.32. The Morgan fingerprint density at radius 3 is 2.72 bits per heavy atom. The largest absolute Gasteiger partial charge is 0.408 e. The van der Waals surface area contributed by atoms with Crippen molar-refractivity contribution in [3.8, 4) is 0 Å². The predicted molar refractivity (Wildman–Crippen MR) is 62.5 cm³/mol. The van der Waals surface area contributed by atoms with Gasteiger partial charge in [0.1, 0.15) is 18.7 Å². The van der Waals surface area contributed by atoms with Crippen molar-refractivity contribution in [3.63, 3.8) is 0 Å². The first-order chi connectivity index (χ1) is 7.96. The molecule has 1 aromatic rings.